The van der Waals surface area contributed by atoms with E-state index in [2.05, 4.69) is 27.7 Å². The summed E-state index contributed by atoms with van der Waals surface area (Å²) in [6.45, 7) is 9.00. The van der Waals surface area contributed by atoms with Crippen LogP contribution in [-0.4, -0.2) is 36.6 Å². The van der Waals surface area contributed by atoms with E-state index in [0.717, 1.165) is 29.3 Å². The van der Waals surface area contributed by atoms with Gasteiger partial charge < -0.3 is 19.8 Å². The largest absolute Gasteiger partial charge is 0.545 e. The van der Waals surface area contributed by atoms with Crippen molar-refractivity contribution >= 4 is 29.1 Å². The molecule has 0 aliphatic heterocycles. The molecule has 0 aliphatic rings. The molecule has 0 heterocycles. The Balaban J connectivity index is 0. The van der Waals surface area contributed by atoms with Crippen LogP contribution in [0.5, 0.6) is 0 Å². The fraction of sp³-hybridized carbons (Fsp3) is 0.500. The van der Waals surface area contributed by atoms with E-state index < -0.39 is 11.9 Å². The van der Waals surface area contributed by atoms with Crippen LogP contribution in [0.1, 0.15) is 48.4 Å². The number of carbonyl (C=O) groups is 2. The number of carboxylic acids is 2. The van der Waals surface area contributed by atoms with Crippen molar-refractivity contribution in [1.82, 2.24) is 0 Å². The Morgan fingerprint density at radius 2 is 1.05 bits per heavy atom. The molecule has 0 radical (unpaired) electrons. The van der Waals surface area contributed by atoms with Crippen LogP contribution < -0.4 is 10.2 Å². The van der Waals surface area contributed by atoms with E-state index in [1.165, 1.54) is 36.8 Å². The molecule has 0 saturated carbocycles. The lowest BCUT2D eigenvalue weighted by Crippen LogP contribution is -2.29. The van der Waals surface area contributed by atoms with Gasteiger partial charge in [-0.2, -0.15) is 0 Å². The van der Waals surface area contributed by atoms with Crippen LogP contribution in [0.3, 0.4) is 0 Å². The lowest BCUT2D eigenvalue weighted by Gasteiger charge is -2.09. The standard InChI is InChI=1S/C8H6O4.2C4H11P/c9-7(10)5-3-1-2-4-6(5)8(11)12;2*1-3-5-4-2/h1-4H,(H,9,10)(H,11,12);2*5H,3-4H2,1-2H3. The van der Waals surface area contributed by atoms with Gasteiger partial charge in [-0.15, -0.1) is 0 Å². The average molecular weight is 346 g/mol. The molecule has 0 amide bonds. The second-order valence-corrected chi connectivity index (χ2v) is 8.75. The van der Waals surface area contributed by atoms with Crippen molar-refractivity contribution in [3.63, 3.8) is 0 Å². The number of carbonyl (C=O) groups excluding carboxylic acids is 2. The summed E-state index contributed by atoms with van der Waals surface area (Å²) in [5.41, 5.74) is -0.727. The average Bonchev–Trinajstić information content (AvgIpc) is 2.50. The molecule has 0 spiro atoms. The zero-order chi connectivity index (χ0) is 17.4. The Labute approximate surface area is 137 Å². The van der Waals surface area contributed by atoms with Crippen LogP contribution in [0.25, 0.3) is 0 Å². The first-order valence-electron chi connectivity index (χ1n) is 7.61. The van der Waals surface area contributed by atoms with E-state index in [9.17, 15) is 19.8 Å². The summed E-state index contributed by atoms with van der Waals surface area (Å²) in [6, 6.07) is 5.14. The Morgan fingerprint density at radius 1 is 0.773 bits per heavy atom. The summed E-state index contributed by atoms with van der Waals surface area (Å²) in [4.78, 5) is 20.6. The van der Waals surface area contributed by atoms with Crippen molar-refractivity contribution in [1.29, 1.82) is 0 Å². The molecule has 126 valence electrons. The Kier molecular flexibility index (Phi) is 17.4. The van der Waals surface area contributed by atoms with Gasteiger partial charge in [-0.3, -0.25) is 0 Å². The van der Waals surface area contributed by atoms with Gasteiger partial charge in [-0.25, -0.2) is 0 Å². The Hall–Kier alpha value is -0.980. The minimum atomic E-state index is -1.52. The molecule has 1 aromatic rings. The van der Waals surface area contributed by atoms with Gasteiger partial charge >= 0.3 is 0 Å². The monoisotopic (exact) mass is 346 g/mol. The molecule has 6 heteroatoms. The first-order valence-corrected chi connectivity index (χ1v) is 10.9. The molecular formula is C16H28O4P2. The maximum Gasteiger partial charge on any atom is 0.0721 e. The summed E-state index contributed by atoms with van der Waals surface area (Å²) in [5.74, 6) is -3.04. The third-order valence-electron chi connectivity index (χ3n) is 2.52. The zero-order valence-corrected chi connectivity index (χ0v) is 16.2. The quantitative estimate of drug-likeness (QED) is 0.727. The number of carboxylic acid groups (broad SMARTS) is 2. The predicted molar refractivity (Wildman–Crippen MR) is 96.7 cm³/mol. The number of hydrogen-bond acceptors (Lipinski definition) is 4. The minimum absolute atomic E-state index is 0.363. The van der Waals surface area contributed by atoms with Crippen LogP contribution >= 0.6 is 17.2 Å². The van der Waals surface area contributed by atoms with Crippen molar-refractivity contribution in [2.24, 2.45) is 0 Å². The van der Waals surface area contributed by atoms with Crippen molar-refractivity contribution in [2.75, 3.05) is 24.6 Å². The number of hydrogen-bond donors (Lipinski definition) is 0. The van der Waals surface area contributed by atoms with E-state index in [-0.39, 0.29) is 11.1 Å². The van der Waals surface area contributed by atoms with Crippen LogP contribution in [0.2, 0.25) is 0 Å². The van der Waals surface area contributed by atoms with Crippen molar-refractivity contribution < 1.29 is 19.8 Å². The fourth-order valence-electron chi connectivity index (χ4n) is 1.42. The summed E-state index contributed by atoms with van der Waals surface area (Å²) in [6.07, 6.45) is 5.71. The third-order valence-corrected chi connectivity index (χ3v) is 4.83. The maximum atomic E-state index is 10.3. The lowest BCUT2D eigenvalue weighted by atomic mass is 10.1. The Morgan fingerprint density at radius 3 is 1.18 bits per heavy atom. The molecule has 0 N–H and O–H groups in total. The molecule has 1 aromatic carbocycles. The van der Waals surface area contributed by atoms with E-state index in [1.807, 2.05) is 0 Å². The van der Waals surface area contributed by atoms with Crippen molar-refractivity contribution in [3.8, 4) is 0 Å². The van der Waals surface area contributed by atoms with E-state index in [0.29, 0.717) is 0 Å². The SMILES string of the molecule is CC[PH2+]CC.CC[PH2+]CC.O=C([O-])c1ccccc1C(=O)[O-]. The molecule has 0 bridgehead atoms. The molecule has 22 heavy (non-hydrogen) atoms. The first-order chi connectivity index (χ1) is 10.5. The van der Waals surface area contributed by atoms with Gasteiger partial charge in [0.2, 0.25) is 0 Å². The lowest BCUT2D eigenvalue weighted by molar-refractivity contribution is -0.259. The normalized spacial score (nSPS) is 8.91. The molecular weight excluding hydrogens is 318 g/mol. The van der Waals surface area contributed by atoms with Crippen molar-refractivity contribution in [2.45, 2.75) is 27.7 Å². The van der Waals surface area contributed by atoms with Crippen LogP contribution in [0.15, 0.2) is 24.3 Å². The van der Waals surface area contributed by atoms with E-state index in [1.54, 1.807) is 0 Å². The van der Waals surface area contributed by atoms with Crippen LogP contribution in [0.4, 0.5) is 0 Å². The molecule has 0 unspecified atom stereocenters. The second-order valence-electron chi connectivity index (χ2n) is 4.33. The topological polar surface area (TPSA) is 80.3 Å². The Bertz CT molecular complexity index is 379. The van der Waals surface area contributed by atoms with E-state index >= 15 is 0 Å². The van der Waals surface area contributed by atoms with Gasteiger partial charge in [0.25, 0.3) is 0 Å². The molecule has 1 rings (SSSR count). The molecule has 0 atom stereocenters. The van der Waals surface area contributed by atoms with Gasteiger partial charge in [0.15, 0.2) is 0 Å². The van der Waals surface area contributed by atoms with Gasteiger partial charge in [-0.1, -0.05) is 24.3 Å². The van der Waals surface area contributed by atoms with Gasteiger partial charge in [0.05, 0.1) is 36.6 Å². The molecule has 0 fully saturated rings. The summed E-state index contributed by atoms with van der Waals surface area (Å²) in [7, 11) is 1.63. The minimum Gasteiger partial charge on any atom is -0.545 e. The van der Waals surface area contributed by atoms with E-state index in [4.69, 9.17) is 0 Å². The highest BCUT2D eigenvalue weighted by Gasteiger charge is 2.01. The van der Waals surface area contributed by atoms with Gasteiger partial charge in [0, 0.05) is 11.1 Å². The number of aromatic carboxylic acids is 2. The summed E-state index contributed by atoms with van der Waals surface area (Å²) < 4.78 is 0. The highest BCUT2D eigenvalue weighted by Crippen LogP contribution is 2.06. The fourth-order valence-corrected chi connectivity index (χ4v) is 2.57. The smallest absolute Gasteiger partial charge is 0.0721 e. The first kappa shape index (κ1) is 23.3. The van der Waals surface area contributed by atoms with Gasteiger partial charge in [-0.05, 0) is 44.9 Å². The van der Waals surface area contributed by atoms with Gasteiger partial charge in [0.1, 0.15) is 0 Å². The predicted octanol–water partition coefficient (Wildman–Crippen LogP) is 1.29. The van der Waals surface area contributed by atoms with Crippen molar-refractivity contribution in [3.05, 3.63) is 35.4 Å². The van der Waals surface area contributed by atoms with Crippen LogP contribution in [-0.2, 0) is 0 Å². The highest BCUT2D eigenvalue weighted by atomic mass is 31.1. The number of benzene rings is 1. The molecule has 0 aromatic heterocycles. The molecule has 4 nitrogen and oxygen atoms in total. The summed E-state index contributed by atoms with van der Waals surface area (Å²) >= 11 is 0. The zero-order valence-electron chi connectivity index (χ0n) is 13.9. The maximum absolute atomic E-state index is 10.3. The molecule has 0 aliphatic carbocycles. The molecule has 0 saturated heterocycles. The highest BCUT2D eigenvalue weighted by molar-refractivity contribution is 7.38. The van der Waals surface area contributed by atoms with Crippen LogP contribution in [0, 0.1) is 0 Å². The third kappa shape index (κ3) is 12.7. The second kappa shape index (κ2) is 16.4. The number of rotatable bonds is 6. The summed E-state index contributed by atoms with van der Waals surface area (Å²) in [5, 5.41) is 20.6.